The molecular formula is C12H18F3N3O2. The summed E-state index contributed by atoms with van der Waals surface area (Å²) in [5.74, 6) is -2.69. The lowest BCUT2D eigenvalue weighted by atomic mass is 10.0. The van der Waals surface area contributed by atoms with Gasteiger partial charge in [0.05, 0.1) is 6.42 Å². The van der Waals surface area contributed by atoms with E-state index in [1.54, 1.807) is 0 Å². The fourth-order valence-electron chi connectivity index (χ4n) is 2.43. The molecule has 5 nitrogen and oxygen atoms in total. The highest BCUT2D eigenvalue weighted by Gasteiger charge is 2.42. The van der Waals surface area contributed by atoms with Crippen molar-refractivity contribution in [3.05, 3.63) is 0 Å². The van der Waals surface area contributed by atoms with Crippen molar-refractivity contribution < 1.29 is 22.8 Å². The molecule has 2 heterocycles. The van der Waals surface area contributed by atoms with Crippen molar-refractivity contribution in [2.24, 2.45) is 0 Å². The highest BCUT2D eigenvalue weighted by Crippen LogP contribution is 2.21. The van der Waals surface area contributed by atoms with Crippen LogP contribution in [0.5, 0.6) is 0 Å². The Bertz CT molecular complexity index is 386. The molecule has 0 saturated carbocycles. The van der Waals surface area contributed by atoms with Gasteiger partial charge in [0.1, 0.15) is 0 Å². The first-order chi connectivity index (χ1) is 9.27. The minimum Gasteiger partial charge on any atom is -0.339 e. The molecule has 0 aromatic carbocycles. The molecule has 2 aliphatic rings. The van der Waals surface area contributed by atoms with Gasteiger partial charge in [0.15, 0.2) is 0 Å². The summed E-state index contributed by atoms with van der Waals surface area (Å²) in [6.45, 7) is 4.57. The average molecular weight is 293 g/mol. The van der Waals surface area contributed by atoms with Crippen LogP contribution < -0.4 is 0 Å². The van der Waals surface area contributed by atoms with E-state index in [0.717, 1.165) is 26.2 Å². The van der Waals surface area contributed by atoms with E-state index in [4.69, 9.17) is 0 Å². The minimum atomic E-state index is -4.92. The number of nitrogens with zero attached hydrogens (tertiary/aromatic N) is 3. The van der Waals surface area contributed by atoms with Gasteiger partial charge in [0.2, 0.25) is 11.7 Å². The van der Waals surface area contributed by atoms with Crippen LogP contribution in [0.15, 0.2) is 0 Å². The molecule has 0 aromatic rings. The first kappa shape index (κ1) is 15.2. The van der Waals surface area contributed by atoms with Crippen LogP contribution in [0.3, 0.4) is 0 Å². The second-order valence-corrected chi connectivity index (χ2v) is 5.39. The molecule has 8 heteroatoms. The first-order valence-electron chi connectivity index (χ1n) is 6.58. The third kappa shape index (κ3) is 3.49. The van der Waals surface area contributed by atoms with Crippen molar-refractivity contribution in [2.45, 2.75) is 18.6 Å². The summed E-state index contributed by atoms with van der Waals surface area (Å²) in [4.78, 5) is 28.1. The smallest absolute Gasteiger partial charge is 0.339 e. The fraction of sp³-hybridized carbons (Fsp3) is 0.833. The molecule has 0 aromatic heterocycles. The topological polar surface area (TPSA) is 43.9 Å². The molecule has 114 valence electrons. The van der Waals surface area contributed by atoms with Gasteiger partial charge in [0.25, 0.3) is 0 Å². The Kier molecular flexibility index (Phi) is 4.33. The zero-order valence-corrected chi connectivity index (χ0v) is 11.3. The molecule has 2 aliphatic heterocycles. The third-order valence-corrected chi connectivity index (χ3v) is 3.90. The van der Waals surface area contributed by atoms with Gasteiger partial charge in [-0.1, -0.05) is 0 Å². The number of rotatable bonds is 3. The molecular weight excluding hydrogens is 275 g/mol. The summed E-state index contributed by atoms with van der Waals surface area (Å²) >= 11 is 0. The Morgan fingerprint density at radius 2 is 1.65 bits per heavy atom. The summed E-state index contributed by atoms with van der Waals surface area (Å²) in [5, 5.41) is 0. The Morgan fingerprint density at radius 1 is 1.10 bits per heavy atom. The average Bonchev–Trinajstić information content (AvgIpc) is 2.28. The fourth-order valence-corrected chi connectivity index (χ4v) is 2.43. The maximum absolute atomic E-state index is 12.1. The van der Waals surface area contributed by atoms with Crippen LogP contribution in [0.1, 0.15) is 6.42 Å². The Balaban J connectivity index is 1.73. The standard InChI is InChI=1S/C12H18F3N3O2/c1-16-2-4-17(5-3-16)9-7-18(8-9)11(20)6-10(19)12(13,14)15/h9H,2-8H2,1H3. The normalized spacial score (nSPS) is 22.7. The molecule has 0 bridgehead atoms. The molecule has 0 aliphatic carbocycles. The maximum atomic E-state index is 12.1. The lowest BCUT2D eigenvalue weighted by molar-refractivity contribution is -0.173. The van der Waals surface area contributed by atoms with Crippen LogP contribution in [0, 0.1) is 0 Å². The predicted molar refractivity (Wildman–Crippen MR) is 65.1 cm³/mol. The van der Waals surface area contributed by atoms with Crippen molar-refractivity contribution in [1.29, 1.82) is 0 Å². The quantitative estimate of drug-likeness (QED) is 0.685. The van der Waals surface area contributed by atoms with Gasteiger partial charge in [-0.05, 0) is 7.05 Å². The molecule has 0 unspecified atom stereocenters. The Labute approximate surface area is 115 Å². The largest absolute Gasteiger partial charge is 0.450 e. The number of hydrogen-bond donors (Lipinski definition) is 0. The number of hydrogen-bond acceptors (Lipinski definition) is 4. The monoisotopic (exact) mass is 293 g/mol. The first-order valence-corrected chi connectivity index (χ1v) is 6.58. The van der Waals surface area contributed by atoms with Gasteiger partial charge in [-0.15, -0.1) is 0 Å². The van der Waals surface area contributed by atoms with Crippen LogP contribution >= 0.6 is 0 Å². The second kappa shape index (κ2) is 5.69. The molecule has 0 N–H and O–H groups in total. The number of piperazine rings is 1. The number of likely N-dealkylation sites (N-methyl/N-ethyl adjacent to an activating group) is 1. The van der Waals surface area contributed by atoms with Crippen molar-refractivity contribution >= 4 is 11.7 Å². The van der Waals surface area contributed by atoms with Crippen molar-refractivity contribution in [3.63, 3.8) is 0 Å². The molecule has 2 saturated heterocycles. The van der Waals surface area contributed by atoms with Crippen molar-refractivity contribution in [1.82, 2.24) is 14.7 Å². The molecule has 2 fully saturated rings. The van der Waals surface area contributed by atoms with E-state index in [9.17, 15) is 22.8 Å². The number of alkyl halides is 3. The second-order valence-electron chi connectivity index (χ2n) is 5.39. The maximum Gasteiger partial charge on any atom is 0.450 e. The van der Waals surface area contributed by atoms with E-state index in [0.29, 0.717) is 13.1 Å². The zero-order valence-electron chi connectivity index (χ0n) is 11.3. The van der Waals surface area contributed by atoms with E-state index < -0.39 is 24.3 Å². The van der Waals surface area contributed by atoms with Crippen molar-refractivity contribution in [2.75, 3.05) is 46.3 Å². The van der Waals surface area contributed by atoms with E-state index in [1.165, 1.54) is 4.90 Å². The number of Topliss-reactive ketones (excluding diaryl/α,β-unsaturated/α-hetero) is 1. The molecule has 20 heavy (non-hydrogen) atoms. The lowest BCUT2D eigenvalue weighted by Crippen LogP contribution is -2.64. The summed E-state index contributed by atoms with van der Waals surface area (Å²) in [6, 6.07) is 0.216. The van der Waals surface area contributed by atoms with Gasteiger partial charge >= 0.3 is 6.18 Å². The summed E-state index contributed by atoms with van der Waals surface area (Å²) < 4.78 is 36.2. The lowest BCUT2D eigenvalue weighted by Gasteiger charge is -2.47. The van der Waals surface area contributed by atoms with Crippen molar-refractivity contribution in [3.8, 4) is 0 Å². The highest BCUT2D eigenvalue weighted by molar-refractivity contribution is 6.00. The molecule has 1 amide bonds. The van der Waals surface area contributed by atoms with E-state index in [1.807, 2.05) is 7.05 Å². The number of likely N-dealkylation sites (tertiary alicyclic amines) is 1. The number of halogens is 3. The molecule has 0 spiro atoms. The van der Waals surface area contributed by atoms with Gasteiger partial charge in [-0.25, -0.2) is 0 Å². The molecule has 2 rings (SSSR count). The summed E-state index contributed by atoms with van der Waals surface area (Å²) in [5.41, 5.74) is 0. The number of amides is 1. The number of ketones is 1. The van der Waals surface area contributed by atoms with Gasteiger partial charge in [-0.3, -0.25) is 14.5 Å². The van der Waals surface area contributed by atoms with Gasteiger partial charge in [0, 0.05) is 45.3 Å². The highest BCUT2D eigenvalue weighted by atomic mass is 19.4. The van der Waals surface area contributed by atoms with Crippen LogP contribution in [0.25, 0.3) is 0 Å². The van der Waals surface area contributed by atoms with E-state index in [-0.39, 0.29) is 6.04 Å². The summed E-state index contributed by atoms with van der Waals surface area (Å²) in [7, 11) is 2.04. The van der Waals surface area contributed by atoms with Crippen LogP contribution in [0.2, 0.25) is 0 Å². The van der Waals surface area contributed by atoms with Crippen LogP contribution in [0.4, 0.5) is 13.2 Å². The van der Waals surface area contributed by atoms with Gasteiger partial charge < -0.3 is 9.80 Å². The van der Waals surface area contributed by atoms with Gasteiger partial charge in [-0.2, -0.15) is 13.2 Å². The third-order valence-electron chi connectivity index (χ3n) is 3.90. The SMILES string of the molecule is CN1CCN(C2CN(C(=O)CC(=O)C(F)(F)F)C2)CC1. The summed E-state index contributed by atoms with van der Waals surface area (Å²) in [6.07, 6.45) is -5.99. The zero-order chi connectivity index (χ0) is 14.9. The minimum absolute atomic E-state index is 0.216. The Morgan fingerprint density at radius 3 is 2.15 bits per heavy atom. The van der Waals surface area contributed by atoms with Crippen LogP contribution in [-0.2, 0) is 9.59 Å². The van der Waals surface area contributed by atoms with Crippen LogP contribution in [-0.4, -0.2) is 84.9 Å². The predicted octanol–water partition coefficient (Wildman–Crippen LogP) is -0.0339. The molecule has 0 atom stereocenters. The van der Waals surface area contributed by atoms with E-state index in [2.05, 4.69) is 9.80 Å². The number of carbonyl (C=O) groups is 2. The molecule has 0 radical (unpaired) electrons. The number of carbonyl (C=O) groups excluding carboxylic acids is 2. The Hall–Kier alpha value is -1.15. The van der Waals surface area contributed by atoms with E-state index >= 15 is 0 Å².